The average molecular weight is 516 g/mol. The minimum absolute atomic E-state index is 0.0802. The molecule has 11 heteroatoms. The molecule has 0 spiro atoms. The minimum Gasteiger partial charge on any atom is -0.462 e. The van der Waals surface area contributed by atoms with Crippen molar-refractivity contribution in [2.24, 2.45) is 7.05 Å². The number of carbonyl (C=O) groups is 3. The van der Waals surface area contributed by atoms with E-state index >= 15 is 0 Å². The Balaban J connectivity index is 1.56. The summed E-state index contributed by atoms with van der Waals surface area (Å²) < 4.78 is 6.85. The first-order chi connectivity index (χ1) is 16.8. The fraction of sp³-hybridized carbons (Fsp3) is 0.292. The van der Waals surface area contributed by atoms with Gasteiger partial charge in [-0.05, 0) is 43.7 Å². The van der Waals surface area contributed by atoms with Gasteiger partial charge in [-0.1, -0.05) is 48.5 Å². The highest BCUT2D eigenvalue weighted by atomic mass is 35.5. The number of anilines is 1. The molecule has 0 saturated heterocycles. The van der Waals surface area contributed by atoms with Gasteiger partial charge in [-0.15, -0.1) is 10.2 Å². The topological polar surface area (TPSA) is 115 Å². The highest BCUT2D eigenvalue weighted by Crippen LogP contribution is 2.21. The van der Waals surface area contributed by atoms with Crippen LogP contribution in [-0.2, 0) is 16.6 Å². The predicted molar refractivity (Wildman–Crippen MR) is 135 cm³/mol. The lowest BCUT2D eigenvalue weighted by Gasteiger charge is -2.14. The number of amides is 2. The summed E-state index contributed by atoms with van der Waals surface area (Å²) in [4.78, 5) is 37.0. The highest BCUT2D eigenvalue weighted by Gasteiger charge is 2.20. The van der Waals surface area contributed by atoms with Crippen LogP contribution in [0.5, 0.6) is 0 Å². The zero-order valence-electron chi connectivity index (χ0n) is 19.6. The van der Waals surface area contributed by atoms with Gasteiger partial charge >= 0.3 is 5.97 Å². The van der Waals surface area contributed by atoms with Crippen LogP contribution >= 0.6 is 23.4 Å². The third kappa shape index (κ3) is 7.06. The zero-order valence-corrected chi connectivity index (χ0v) is 21.2. The molecule has 9 nitrogen and oxygen atoms in total. The Morgan fingerprint density at radius 1 is 1.14 bits per heavy atom. The molecular formula is C24H26ClN5O4S. The van der Waals surface area contributed by atoms with Crippen molar-refractivity contribution in [2.75, 3.05) is 17.7 Å². The second-order valence-corrected chi connectivity index (χ2v) is 8.98. The van der Waals surface area contributed by atoms with Gasteiger partial charge in [0, 0.05) is 12.7 Å². The second-order valence-electron chi connectivity index (χ2n) is 7.63. The number of nitrogens with one attached hydrogen (secondary N) is 2. The lowest BCUT2D eigenvalue weighted by atomic mass is 10.2. The van der Waals surface area contributed by atoms with E-state index in [0.29, 0.717) is 39.4 Å². The molecule has 35 heavy (non-hydrogen) atoms. The van der Waals surface area contributed by atoms with Gasteiger partial charge in [0.15, 0.2) is 11.0 Å². The third-order valence-corrected chi connectivity index (χ3v) is 6.22. The zero-order chi connectivity index (χ0) is 25.4. The number of hydrogen-bond donors (Lipinski definition) is 2. The average Bonchev–Trinajstić information content (AvgIpc) is 3.21. The minimum atomic E-state index is -0.436. The van der Waals surface area contributed by atoms with Crippen LogP contribution in [0, 0.1) is 0 Å². The lowest BCUT2D eigenvalue weighted by Crippen LogP contribution is -2.28. The predicted octanol–water partition coefficient (Wildman–Crippen LogP) is 4.26. The molecule has 0 aliphatic carbocycles. The first-order valence-corrected chi connectivity index (χ1v) is 12.3. The van der Waals surface area contributed by atoms with Crippen LogP contribution in [0.15, 0.2) is 53.7 Å². The molecular weight excluding hydrogens is 490 g/mol. The van der Waals surface area contributed by atoms with Crippen LogP contribution < -0.4 is 10.6 Å². The number of hydrogen-bond acceptors (Lipinski definition) is 7. The summed E-state index contributed by atoms with van der Waals surface area (Å²) in [6.07, 6.45) is 0.732. The van der Waals surface area contributed by atoms with E-state index in [9.17, 15) is 14.4 Å². The summed E-state index contributed by atoms with van der Waals surface area (Å²) in [6.45, 7) is 4.05. The Morgan fingerprint density at radius 2 is 1.91 bits per heavy atom. The van der Waals surface area contributed by atoms with Crippen molar-refractivity contribution < 1.29 is 19.1 Å². The molecule has 1 aromatic heterocycles. The Bertz CT molecular complexity index is 1220. The van der Waals surface area contributed by atoms with Gasteiger partial charge in [-0.25, -0.2) is 4.79 Å². The van der Waals surface area contributed by atoms with Crippen LogP contribution in [-0.4, -0.2) is 44.9 Å². The van der Waals surface area contributed by atoms with Crippen molar-refractivity contribution >= 4 is 46.8 Å². The summed E-state index contributed by atoms with van der Waals surface area (Å²) >= 11 is 7.30. The molecule has 2 N–H and O–H groups in total. The fourth-order valence-corrected chi connectivity index (χ4v) is 4.08. The van der Waals surface area contributed by atoms with Gasteiger partial charge in [0.05, 0.1) is 34.6 Å². The van der Waals surface area contributed by atoms with E-state index in [1.807, 2.05) is 6.92 Å². The van der Waals surface area contributed by atoms with E-state index in [4.69, 9.17) is 16.3 Å². The number of carbonyl (C=O) groups excluding carboxylic acids is 3. The van der Waals surface area contributed by atoms with Crippen LogP contribution in [0.3, 0.4) is 0 Å². The van der Waals surface area contributed by atoms with E-state index < -0.39 is 12.0 Å². The summed E-state index contributed by atoms with van der Waals surface area (Å²) in [7, 11) is 1.76. The van der Waals surface area contributed by atoms with E-state index in [1.165, 1.54) is 11.8 Å². The molecule has 0 fully saturated rings. The van der Waals surface area contributed by atoms with Gasteiger partial charge < -0.3 is 19.9 Å². The lowest BCUT2D eigenvalue weighted by molar-refractivity contribution is -0.113. The summed E-state index contributed by atoms with van der Waals surface area (Å²) in [5.74, 6) is -0.401. The van der Waals surface area contributed by atoms with Crippen molar-refractivity contribution in [1.29, 1.82) is 0 Å². The smallest absolute Gasteiger partial charge is 0.338 e. The molecule has 0 radical (unpaired) electrons. The number of benzene rings is 2. The molecule has 0 saturated carbocycles. The second kappa shape index (κ2) is 12.4. The number of ether oxygens (including phenoxy) is 1. The van der Waals surface area contributed by atoms with E-state index in [1.54, 1.807) is 67.1 Å². The molecule has 1 heterocycles. The van der Waals surface area contributed by atoms with E-state index in [-0.39, 0.29) is 17.6 Å². The van der Waals surface area contributed by atoms with Gasteiger partial charge in [-0.3, -0.25) is 9.59 Å². The normalized spacial score (nSPS) is 11.5. The Hall–Kier alpha value is -3.37. The number of nitrogens with zero attached hydrogens (tertiary/aromatic N) is 3. The molecule has 3 rings (SSSR count). The number of halogens is 1. The molecule has 0 aliphatic rings. The number of rotatable bonds is 10. The van der Waals surface area contributed by atoms with Crippen LogP contribution in [0.2, 0.25) is 5.02 Å². The number of aromatic nitrogens is 3. The molecule has 0 unspecified atom stereocenters. The Labute approximate surface area is 212 Å². The first kappa shape index (κ1) is 26.2. The summed E-state index contributed by atoms with van der Waals surface area (Å²) in [6, 6.07) is 12.9. The van der Waals surface area contributed by atoms with Gasteiger partial charge in [0.1, 0.15) is 0 Å². The van der Waals surface area contributed by atoms with Crippen molar-refractivity contribution in [3.05, 3.63) is 70.5 Å². The summed E-state index contributed by atoms with van der Waals surface area (Å²) in [5.41, 5.74) is 1.24. The van der Waals surface area contributed by atoms with Crippen molar-refractivity contribution in [3.8, 4) is 0 Å². The summed E-state index contributed by atoms with van der Waals surface area (Å²) in [5, 5.41) is 14.8. The van der Waals surface area contributed by atoms with Crippen LogP contribution in [0.4, 0.5) is 5.69 Å². The van der Waals surface area contributed by atoms with Crippen LogP contribution in [0.25, 0.3) is 0 Å². The maximum Gasteiger partial charge on any atom is 0.338 e. The largest absolute Gasteiger partial charge is 0.462 e. The molecule has 2 amide bonds. The van der Waals surface area contributed by atoms with Crippen molar-refractivity contribution in [1.82, 2.24) is 20.1 Å². The molecule has 184 valence electrons. The molecule has 1 atom stereocenters. The maximum atomic E-state index is 12.5. The number of esters is 1. The maximum absolute atomic E-state index is 12.5. The monoisotopic (exact) mass is 515 g/mol. The number of thioether (sulfide) groups is 1. The van der Waals surface area contributed by atoms with Crippen molar-refractivity contribution in [3.63, 3.8) is 0 Å². The fourth-order valence-electron chi connectivity index (χ4n) is 3.14. The van der Waals surface area contributed by atoms with Crippen molar-refractivity contribution in [2.45, 2.75) is 31.5 Å². The van der Waals surface area contributed by atoms with Crippen LogP contribution in [0.1, 0.15) is 52.9 Å². The van der Waals surface area contributed by atoms with Gasteiger partial charge in [-0.2, -0.15) is 0 Å². The molecule has 0 aliphatic heterocycles. The molecule has 2 aromatic carbocycles. The molecule has 0 bridgehead atoms. The van der Waals surface area contributed by atoms with E-state index in [2.05, 4.69) is 20.8 Å². The van der Waals surface area contributed by atoms with E-state index in [0.717, 1.165) is 6.42 Å². The van der Waals surface area contributed by atoms with Gasteiger partial charge in [0.2, 0.25) is 5.91 Å². The highest BCUT2D eigenvalue weighted by molar-refractivity contribution is 7.99. The molecule has 3 aromatic rings. The third-order valence-electron chi connectivity index (χ3n) is 4.87. The standard InChI is InChI=1S/C24H26ClN5O4S/c1-4-12-34-23(33)16-8-7-9-17(13-16)27-20(31)14-35-24-29-28-21(30(24)3)15(2)26-22(32)18-10-5-6-11-19(18)25/h5-11,13,15H,4,12,14H2,1-3H3,(H,26,32)(H,27,31)/t15-/m1/s1. The van der Waals surface area contributed by atoms with Gasteiger partial charge in [0.25, 0.3) is 5.91 Å². The Kier molecular flexibility index (Phi) is 9.27. The quantitative estimate of drug-likeness (QED) is 0.306. The Morgan fingerprint density at radius 3 is 2.66 bits per heavy atom. The SMILES string of the molecule is CCCOC(=O)c1cccc(NC(=O)CSc2nnc([C@@H](C)NC(=O)c3ccccc3Cl)n2C)c1. The first-order valence-electron chi connectivity index (χ1n) is 10.9.